The molecule has 1 aliphatic rings. The largest absolute Gasteiger partial charge is 0.299 e. The van der Waals surface area contributed by atoms with Crippen molar-refractivity contribution in [3.8, 4) is 0 Å². The van der Waals surface area contributed by atoms with Gasteiger partial charge < -0.3 is 0 Å². The van der Waals surface area contributed by atoms with Gasteiger partial charge in [-0.3, -0.25) is 4.90 Å². The van der Waals surface area contributed by atoms with Gasteiger partial charge in [-0.15, -0.1) is 0 Å². The van der Waals surface area contributed by atoms with E-state index in [0.29, 0.717) is 0 Å². The quantitative estimate of drug-likeness (QED) is 0.628. The monoisotopic (exact) mass is 261 g/mol. The highest BCUT2D eigenvalue weighted by Crippen LogP contribution is 2.22. The van der Waals surface area contributed by atoms with Crippen LogP contribution in [0.25, 0.3) is 0 Å². The molecule has 1 nitrogen and oxygen atoms in total. The molecule has 2 heteroatoms. The van der Waals surface area contributed by atoms with Gasteiger partial charge in [0.05, 0.1) is 0 Å². The number of thiol groups is 1. The Hall–Kier alpha value is -0.730. The summed E-state index contributed by atoms with van der Waals surface area (Å²) in [6, 6.07) is 10.9. The van der Waals surface area contributed by atoms with E-state index < -0.39 is 0 Å². The van der Waals surface area contributed by atoms with Crippen LogP contribution in [-0.4, -0.2) is 30.3 Å². The minimum absolute atomic E-state index is 0.809. The third kappa shape index (κ3) is 4.18. The Bertz CT molecular complexity index is 366. The molecule has 1 saturated heterocycles. The fourth-order valence-corrected chi connectivity index (χ4v) is 2.76. The number of nitrogens with zero attached hydrogens (tertiary/aromatic N) is 1. The summed E-state index contributed by atoms with van der Waals surface area (Å²) in [6.07, 6.45) is 3.87. The summed E-state index contributed by atoms with van der Waals surface area (Å²) in [6.45, 7) is 7.49. The summed E-state index contributed by atoms with van der Waals surface area (Å²) in [5.74, 6) is 1.66. The standard InChI is InChI=1S/C16H23NS/c1-14(13-18)12-17-9-7-16(8-10-17)11-15-5-3-2-4-6-15/h2-6,16,18H,1,7-13H2. The topological polar surface area (TPSA) is 3.24 Å². The summed E-state index contributed by atoms with van der Waals surface area (Å²) < 4.78 is 0. The van der Waals surface area contributed by atoms with Crippen molar-refractivity contribution in [2.24, 2.45) is 5.92 Å². The Morgan fingerprint density at radius 3 is 2.50 bits per heavy atom. The molecule has 0 saturated carbocycles. The van der Waals surface area contributed by atoms with E-state index in [1.165, 1.54) is 43.5 Å². The third-order valence-electron chi connectivity index (χ3n) is 3.75. The van der Waals surface area contributed by atoms with E-state index in [4.69, 9.17) is 0 Å². The van der Waals surface area contributed by atoms with Crippen molar-refractivity contribution in [3.05, 3.63) is 48.0 Å². The fourth-order valence-electron chi connectivity index (χ4n) is 2.66. The van der Waals surface area contributed by atoms with Gasteiger partial charge in [-0.2, -0.15) is 12.6 Å². The summed E-state index contributed by atoms with van der Waals surface area (Å²) in [5, 5.41) is 0. The van der Waals surface area contributed by atoms with Crippen molar-refractivity contribution >= 4 is 12.6 Å². The summed E-state index contributed by atoms with van der Waals surface area (Å²) >= 11 is 4.27. The molecule has 0 atom stereocenters. The highest BCUT2D eigenvalue weighted by Gasteiger charge is 2.19. The second-order valence-corrected chi connectivity index (χ2v) is 5.63. The van der Waals surface area contributed by atoms with Crippen molar-refractivity contribution < 1.29 is 0 Å². The van der Waals surface area contributed by atoms with Gasteiger partial charge in [0.15, 0.2) is 0 Å². The van der Waals surface area contributed by atoms with Crippen LogP contribution in [-0.2, 0) is 6.42 Å². The number of rotatable bonds is 5. The predicted octanol–water partition coefficient (Wildman–Crippen LogP) is 3.43. The molecule has 1 fully saturated rings. The molecular formula is C16H23NS. The van der Waals surface area contributed by atoms with Crippen LogP contribution >= 0.6 is 12.6 Å². The lowest BCUT2D eigenvalue weighted by molar-refractivity contribution is 0.197. The maximum atomic E-state index is 4.27. The average Bonchev–Trinajstić information content (AvgIpc) is 2.42. The molecule has 0 unspecified atom stereocenters. The molecule has 0 bridgehead atoms. The number of piperidine rings is 1. The van der Waals surface area contributed by atoms with Gasteiger partial charge in [-0.25, -0.2) is 0 Å². The molecule has 0 amide bonds. The van der Waals surface area contributed by atoms with Gasteiger partial charge in [0.1, 0.15) is 0 Å². The van der Waals surface area contributed by atoms with Gasteiger partial charge in [0.25, 0.3) is 0 Å². The minimum Gasteiger partial charge on any atom is -0.299 e. The lowest BCUT2D eigenvalue weighted by atomic mass is 9.90. The molecule has 98 valence electrons. The van der Waals surface area contributed by atoms with Crippen molar-refractivity contribution in [3.63, 3.8) is 0 Å². The van der Waals surface area contributed by atoms with Crippen molar-refractivity contribution in [2.75, 3.05) is 25.4 Å². The van der Waals surface area contributed by atoms with E-state index in [-0.39, 0.29) is 0 Å². The first-order valence-corrected chi connectivity index (χ1v) is 7.45. The maximum Gasteiger partial charge on any atom is 0.0198 e. The van der Waals surface area contributed by atoms with E-state index in [2.05, 4.69) is 54.4 Å². The number of likely N-dealkylation sites (tertiary alicyclic amines) is 1. The van der Waals surface area contributed by atoms with Crippen LogP contribution in [0, 0.1) is 5.92 Å². The SMILES string of the molecule is C=C(CS)CN1CCC(Cc2ccccc2)CC1. The van der Waals surface area contributed by atoms with Gasteiger partial charge in [-0.05, 0) is 43.8 Å². The molecule has 1 heterocycles. The molecular weight excluding hydrogens is 238 g/mol. The molecule has 0 aliphatic carbocycles. The van der Waals surface area contributed by atoms with Crippen LogP contribution in [0.4, 0.5) is 0 Å². The third-order valence-corrected chi connectivity index (χ3v) is 4.19. The Kier molecular flexibility index (Phi) is 5.33. The van der Waals surface area contributed by atoms with E-state index in [0.717, 1.165) is 18.2 Å². The molecule has 1 aromatic carbocycles. The highest BCUT2D eigenvalue weighted by atomic mass is 32.1. The van der Waals surface area contributed by atoms with E-state index >= 15 is 0 Å². The lowest BCUT2D eigenvalue weighted by Crippen LogP contribution is -2.35. The Labute approximate surface area is 116 Å². The Morgan fingerprint density at radius 1 is 1.22 bits per heavy atom. The maximum absolute atomic E-state index is 4.27. The van der Waals surface area contributed by atoms with E-state index in [1.807, 2.05) is 0 Å². The lowest BCUT2D eigenvalue weighted by Gasteiger charge is -2.32. The summed E-state index contributed by atoms with van der Waals surface area (Å²) in [7, 11) is 0. The molecule has 1 aromatic rings. The Morgan fingerprint density at radius 2 is 1.89 bits per heavy atom. The number of benzene rings is 1. The van der Waals surface area contributed by atoms with E-state index in [1.54, 1.807) is 0 Å². The first-order chi connectivity index (χ1) is 8.78. The number of hydrogen-bond acceptors (Lipinski definition) is 2. The molecule has 18 heavy (non-hydrogen) atoms. The second kappa shape index (κ2) is 7.01. The van der Waals surface area contributed by atoms with Crippen LogP contribution in [0.3, 0.4) is 0 Å². The zero-order chi connectivity index (χ0) is 12.8. The molecule has 1 aliphatic heterocycles. The fraction of sp³-hybridized carbons (Fsp3) is 0.500. The van der Waals surface area contributed by atoms with Crippen LogP contribution in [0.15, 0.2) is 42.5 Å². The van der Waals surface area contributed by atoms with Crippen LogP contribution < -0.4 is 0 Å². The second-order valence-electron chi connectivity index (χ2n) is 5.32. The van der Waals surface area contributed by atoms with Gasteiger partial charge in [0, 0.05) is 12.3 Å². The number of hydrogen-bond donors (Lipinski definition) is 1. The zero-order valence-electron chi connectivity index (χ0n) is 11.0. The van der Waals surface area contributed by atoms with Crippen LogP contribution in [0.1, 0.15) is 18.4 Å². The average molecular weight is 261 g/mol. The molecule has 0 spiro atoms. The minimum atomic E-state index is 0.809. The smallest absolute Gasteiger partial charge is 0.0198 e. The predicted molar refractivity (Wildman–Crippen MR) is 82.3 cm³/mol. The van der Waals surface area contributed by atoms with Gasteiger partial charge in [0.2, 0.25) is 0 Å². The molecule has 0 aromatic heterocycles. The first kappa shape index (κ1) is 13.7. The van der Waals surface area contributed by atoms with Crippen LogP contribution in [0.5, 0.6) is 0 Å². The molecule has 0 radical (unpaired) electrons. The van der Waals surface area contributed by atoms with Crippen molar-refractivity contribution in [2.45, 2.75) is 19.3 Å². The summed E-state index contributed by atoms with van der Waals surface area (Å²) in [5.41, 5.74) is 2.72. The first-order valence-electron chi connectivity index (χ1n) is 6.81. The van der Waals surface area contributed by atoms with Crippen molar-refractivity contribution in [1.29, 1.82) is 0 Å². The summed E-state index contributed by atoms with van der Waals surface area (Å²) in [4.78, 5) is 2.51. The molecule has 2 rings (SSSR count). The molecule has 0 N–H and O–H groups in total. The Balaban J connectivity index is 1.75. The van der Waals surface area contributed by atoms with Crippen LogP contribution in [0.2, 0.25) is 0 Å². The zero-order valence-corrected chi connectivity index (χ0v) is 11.9. The van der Waals surface area contributed by atoms with Gasteiger partial charge in [-0.1, -0.05) is 42.5 Å². The van der Waals surface area contributed by atoms with Gasteiger partial charge >= 0.3 is 0 Å². The van der Waals surface area contributed by atoms with Crippen molar-refractivity contribution in [1.82, 2.24) is 4.90 Å². The van der Waals surface area contributed by atoms with E-state index in [9.17, 15) is 0 Å². The highest BCUT2D eigenvalue weighted by molar-refractivity contribution is 7.80. The normalized spacial score (nSPS) is 17.8.